The summed E-state index contributed by atoms with van der Waals surface area (Å²) < 4.78 is 11.2. The molecular weight excluding hydrogens is 490 g/mol. The SMILES string of the molecule is Cc1cc(C(O)=C2C(=O)C(=O)N(CCCN3CCOCC3)C2c2ccc([N+](=O)[O-])cc2)ccc1OC(C)C. The molecule has 0 saturated carbocycles. The van der Waals surface area contributed by atoms with E-state index in [1.165, 1.54) is 29.2 Å². The number of aryl methyl sites for hydroxylation is 1. The van der Waals surface area contributed by atoms with Crippen LogP contribution in [-0.2, 0) is 14.3 Å². The third kappa shape index (κ3) is 5.87. The van der Waals surface area contributed by atoms with Crippen molar-refractivity contribution >= 4 is 23.1 Å². The Morgan fingerprint density at radius 2 is 1.82 bits per heavy atom. The summed E-state index contributed by atoms with van der Waals surface area (Å²) >= 11 is 0. The van der Waals surface area contributed by atoms with Gasteiger partial charge in [-0.3, -0.25) is 24.6 Å². The lowest BCUT2D eigenvalue weighted by atomic mass is 9.94. The van der Waals surface area contributed by atoms with Gasteiger partial charge in [0.25, 0.3) is 17.4 Å². The molecule has 2 saturated heterocycles. The number of aliphatic hydroxyl groups is 1. The predicted molar refractivity (Wildman–Crippen MR) is 141 cm³/mol. The molecule has 0 aliphatic carbocycles. The Kier molecular flexibility index (Phi) is 8.43. The van der Waals surface area contributed by atoms with Crippen molar-refractivity contribution in [3.05, 3.63) is 74.8 Å². The maximum absolute atomic E-state index is 13.3. The van der Waals surface area contributed by atoms with Gasteiger partial charge >= 0.3 is 0 Å². The number of nitrogens with zero attached hydrogens (tertiary/aromatic N) is 3. The number of hydrogen-bond acceptors (Lipinski definition) is 8. The molecule has 0 bridgehead atoms. The van der Waals surface area contributed by atoms with Crippen molar-refractivity contribution in [1.29, 1.82) is 0 Å². The van der Waals surface area contributed by atoms with Gasteiger partial charge in [-0.2, -0.15) is 0 Å². The molecule has 0 aromatic heterocycles. The summed E-state index contributed by atoms with van der Waals surface area (Å²) in [6.45, 7) is 9.63. The number of amides is 1. The minimum Gasteiger partial charge on any atom is -0.507 e. The molecule has 0 spiro atoms. The molecule has 0 radical (unpaired) electrons. The molecule has 2 heterocycles. The first-order valence-corrected chi connectivity index (χ1v) is 12.8. The smallest absolute Gasteiger partial charge is 0.295 e. The first kappa shape index (κ1) is 27.3. The molecule has 2 aromatic rings. The monoisotopic (exact) mass is 523 g/mol. The molecule has 202 valence electrons. The Morgan fingerprint density at radius 3 is 2.42 bits per heavy atom. The molecule has 1 unspecified atom stereocenters. The largest absolute Gasteiger partial charge is 0.507 e. The summed E-state index contributed by atoms with van der Waals surface area (Å²) in [6, 6.07) is 9.96. The number of morpholine rings is 1. The molecule has 10 nitrogen and oxygen atoms in total. The second kappa shape index (κ2) is 11.7. The fourth-order valence-electron chi connectivity index (χ4n) is 4.86. The highest BCUT2D eigenvalue weighted by molar-refractivity contribution is 6.46. The van der Waals surface area contributed by atoms with Crippen LogP contribution in [0.3, 0.4) is 0 Å². The van der Waals surface area contributed by atoms with Crippen molar-refractivity contribution < 1.29 is 29.1 Å². The van der Waals surface area contributed by atoms with Gasteiger partial charge < -0.3 is 19.5 Å². The number of rotatable bonds is 9. The highest BCUT2D eigenvalue weighted by Gasteiger charge is 2.46. The van der Waals surface area contributed by atoms with Crippen LogP contribution in [-0.4, -0.2) is 77.0 Å². The summed E-state index contributed by atoms with van der Waals surface area (Å²) in [7, 11) is 0. The van der Waals surface area contributed by atoms with Crippen molar-refractivity contribution in [3.63, 3.8) is 0 Å². The second-order valence-corrected chi connectivity index (χ2v) is 9.80. The van der Waals surface area contributed by atoms with E-state index in [9.17, 15) is 24.8 Å². The molecule has 1 amide bonds. The van der Waals surface area contributed by atoms with E-state index in [4.69, 9.17) is 9.47 Å². The van der Waals surface area contributed by atoms with Crippen molar-refractivity contribution in [2.24, 2.45) is 0 Å². The lowest BCUT2D eigenvalue weighted by Crippen LogP contribution is -2.38. The van der Waals surface area contributed by atoms with Gasteiger partial charge in [0.05, 0.1) is 35.9 Å². The second-order valence-electron chi connectivity index (χ2n) is 9.80. The maximum Gasteiger partial charge on any atom is 0.295 e. The van der Waals surface area contributed by atoms with Crippen molar-refractivity contribution in [2.75, 3.05) is 39.4 Å². The first-order valence-electron chi connectivity index (χ1n) is 12.8. The van der Waals surface area contributed by atoms with Crippen LogP contribution in [0.4, 0.5) is 5.69 Å². The lowest BCUT2D eigenvalue weighted by molar-refractivity contribution is -0.384. The van der Waals surface area contributed by atoms with Crippen LogP contribution in [0.15, 0.2) is 48.0 Å². The Balaban J connectivity index is 1.69. The van der Waals surface area contributed by atoms with E-state index in [0.717, 1.165) is 25.2 Å². The zero-order valence-corrected chi connectivity index (χ0v) is 21.9. The Labute approximate surface area is 221 Å². The third-order valence-corrected chi connectivity index (χ3v) is 6.75. The van der Waals surface area contributed by atoms with Crippen molar-refractivity contribution in [1.82, 2.24) is 9.80 Å². The third-order valence-electron chi connectivity index (χ3n) is 6.75. The number of hydrogen-bond donors (Lipinski definition) is 1. The average molecular weight is 524 g/mol. The maximum atomic E-state index is 13.3. The summed E-state index contributed by atoms with van der Waals surface area (Å²) in [5.74, 6) is -1.11. The van der Waals surface area contributed by atoms with Crippen LogP contribution in [0.2, 0.25) is 0 Å². The van der Waals surface area contributed by atoms with E-state index in [2.05, 4.69) is 4.90 Å². The summed E-state index contributed by atoms with van der Waals surface area (Å²) in [5.41, 5.74) is 1.53. The first-order chi connectivity index (χ1) is 18.2. The van der Waals surface area contributed by atoms with Gasteiger partial charge in [0.1, 0.15) is 11.5 Å². The highest BCUT2D eigenvalue weighted by atomic mass is 16.6. The number of benzene rings is 2. The van der Waals surface area contributed by atoms with Crippen molar-refractivity contribution in [2.45, 2.75) is 39.3 Å². The Morgan fingerprint density at radius 1 is 1.13 bits per heavy atom. The number of carbonyl (C=O) groups excluding carboxylic acids is 2. The average Bonchev–Trinajstić information content (AvgIpc) is 3.15. The molecule has 4 rings (SSSR count). The molecule has 38 heavy (non-hydrogen) atoms. The van der Waals surface area contributed by atoms with Crippen molar-refractivity contribution in [3.8, 4) is 5.75 Å². The van der Waals surface area contributed by atoms with Gasteiger partial charge in [0.15, 0.2) is 0 Å². The van der Waals surface area contributed by atoms with E-state index in [1.54, 1.807) is 18.2 Å². The predicted octanol–water partition coefficient (Wildman–Crippen LogP) is 3.83. The topological polar surface area (TPSA) is 122 Å². The fourth-order valence-corrected chi connectivity index (χ4v) is 4.86. The zero-order valence-electron chi connectivity index (χ0n) is 21.9. The van der Waals surface area contributed by atoms with Gasteiger partial charge in [0, 0.05) is 43.9 Å². The molecule has 1 atom stereocenters. The van der Waals surface area contributed by atoms with Crippen LogP contribution in [0.25, 0.3) is 5.76 Å². The number of non-ortho nitro benzene ring substituents is 1. The van der Waals surface area contributed by atoms with Gasteiger partial charge in [0.2, 0.25) is 0 Å². The van der Waals surface area contributed by atoms with Crippen LogP contribution in [0, 0.1) is 17.0 Å². The Bertz CT molecular complexity index is 1230. The van der Waals surface area contributed by atoms with Crippen LogP contribution in [0.5, 0.6) is 5.75 Å². The normalized spacial score (nSPS) is 19.8. The van der Waals surface area contributed by atoms with E-state index in [0.29, 0.717) is 43.1 Å². The number of aliphatic hydroxyl groups excluding tert-OH is 1. The van der Waals surface area contributed by atoms with Crippen LogP contribution < -0.4 is 4.74 Å². The van der Waals surface area contributed by atoms with E-state index in [-0.39, 0.29) is 23.1 Å². The minimum atomic E-state index is -0.868. The number of nitro benzene ring substituents is 1. The molecule has 2 aromatic carbocycles. The van der Waals surface area contributed by atoms with E-state index >= 15 is 0 Å². The van der Waals surface area contributed by atoms with E-state index < -0.39 is 22.7 Å². The zero-order chi connectivity index (χ0) is 27.4. The molecule has 2 aliphatic heterocycles. The number of ketones is 1. The van der Waals surface area contributed by atoms with Crippen LogP contribution >= 0.6 is 0 Å². The minimum absolute atomic E-state index is 0.0296. The quantitative estimate of drug-likeness (QED) is 0.173. The molecule has 10 heteroatoms. The summed E-state index contributed by atoms with van der Waals surface area (Å²) in [6.07, 6.45) is 0.592. The van der Waals surface area contributed by atoms with Gasteiger partial charge in [-0.15, -0.1) is 0 Å². The number of likely N-dealkylation sites (tertiary alicyclic amines) is 1. The lowest BCUT2D eigenvalue weighted by Gasteiger charge is -2.29. The molecule has 2 aliphatic rings. The molecule has 2 fully saturated rings. The van der Waals surface area contributed by atoms with Gasteiger partial charge in [-0.05, 0) is 68.7 Å². The van der Waals surface area contributed by atoms with Gasteiger partial charge in [-0.1, -0.05) is 0 Å². The molecule has 1 N–H and O–H groups in total. The van der Waals surface area contributed by atoms with E-state index in [1.807, 2.05) is 20.8 Å². The summed E-state index contributed by atoms with van der Waals surface area (Å²) in [5, 5.41) is 22.5. The van der Waals surface area contributed by atoms with Gasteiger partial charge in [-0.25, -0.2) is 0 Å². The number of carbonyl (C=O) groups is 2. The van der Waals surface area contributed by atoms with Crippen LogP contribution in [0.1, 0.15) is 43.0 Å². The number of Topliss-reactive ketones (excluding diaryl/α,β-unsaturated/α-hetero) is 1. The Hall–Kier alpha value is -3.76. The highest BCUT2D eigenvalue weighted by Crippen LogP contribution is 2.40. The number of ether oxygens (including phenoxy) is 2. The fraction of sp³-hybridized carbons (Fsp3) is 0.429. The summed E-state index contributed by atoms with van der Waals surface area (Å²) in [4.78, 5) is 40.9. The standard InChI is InChI=1S/C28H33N3O7/c1-18(2)38-23-10-7-21(17-19(23)3)26(32)24-25(20-5-8-22(9-6-20)31(35)36)30(28(34)27(24)33)12-4-11-29-13-15-37-16-14-29/h5-10,17-18,25,32H,4,11-16H2,1-3H3. The number of nitro groups is 1. The molecular formula is C28H33N3O7.